The second-order valence-electron chi connectivity index (χ2n) is 8.06. The Hall–Kier alpha value is -3.59. The van der Waals surface area contributed by atoms with Crippen molar-refractivity contribution >= 4 is 45.2 Å². The summed E-state index contributed by atoms with van der Waals surface area (Å²) in [4.78, 5) is 17.5. The van der Waals surface area contributed by atoms with Crippen molar-refractivity contribution in [2.45, 2.75) is 25.4 Å². The number of nitrogens with one attached hydrogen (secondary N) is 1. The van der Waals surface area contributed by atoms with Crippen LogP contribution in [0, 0.1) is 5.82 Å². The number of benzene rings is 1. The van der Waals surface area contributed by atoms with Crippen molar-refractivity contribution in [1.29, 1.82) is 0 Å². The van der Waals surface area contributed by atoms with Crippen molar-refractivity contribution in [3.05, 3.63) is 58.3 Å². The number of methoxy groups -OCH3 is 1. The monoisotopic (exact) mass is 576 g/mol. The molecule has 1 N–H and O–H groups in total. The third-order valence-corrected chi connectivity index (χ3v) is 7.48. The Morgan fingerprint density at radius 1 is 1.24 bits per heavy atom. The molecular weight excluding hydrogens is 556 g/mol. The molecule has 0 spiro atoms. The average molecular weight is 577 g/mol. The number of amides is 1. The summed E-state index contributed by atoms with van der Waals surface area (Å²) in [6.07, 6.45) is 2.47. The second kappa shape index (κ2) is 10.3. The van der Waals surface area contributed by atoms with Crippen LogP contribution in [0.25, 0.3) is 5.65 Å². The molecule has 3 heterocycles. The van der Waals surface area contributed by atoms with E-state index in [1.54, 1.807) is 10.5 Å². The number of alkyl halides is 3. The molecule has 0 saturated heterocycles. The number of sulfonamides is 1. The lowest BCUT2D eigenvalue weighted by atomic mass is 10.1. The van der Waals surface area contributed by atoms with Crippen LogP contribution in [0.15, 0.2) is 35.6 Å². The Balaban J connectivity index is 1.48. The third-order valence-electron chi connectivity index (χ3n) is 5.71. The zero-order valence-electron chi connectivity index (χ0n) is 20.0. The summed E-state index contributed by atoms with van der Waals surface area (Å²) in [6.45, 7) is 0.918. The van der Waals surface area contributed by atoms with Crippen LogP contribution in [0.1, 0.15) is 28.7 Å². The van der Waals surface area contributed by atoms with Crippen LogP contribution in [-0.2, 0) is 23.0 Å². The molecule has 1 aliphatic rings. The standard InChI is InChI=1S/C22H21ClF4N6O4S/c1-3-16-20(32-11-14(23)18(37-2)9-19(32)30-16)21(34)28-10-13-4-5-17(15(24)8-13)33-7-6-31(12-29-33)38(35,36)22(25,26)27/h4-5,8-9,11-12H,3,6-7,10H2,1-2H3,(H,28,34). The van der Waals surface area contributed by atoms with E-state index in [1.807, 2.05) is 6.92 Å². The van der Waals surface area contributed by atoms with Gasteiger partial charge in [0.15, 0.2) is 0 Å². The molecule has 0 aliphatic carbocycles. The molecule has 38 heavy (non-hydrogen) atoms. The predicted molar refractivity (Wildman–Crippen MR) is 131 cm³/mol. The minimum atomic E-state index is -5.58. The molecule has 0 saturated carbocycles. The minimum absolute atomic E-state index is 0.0445. The van der Waals surface area contributed by atoms with Crippen molar-refractivity contribution in [2.24, 2.45) is 5.10 Å². The van der Waals surface area contributed by atoms with E-state index in [1.165, 1.54) is 25.4 Å². The maximum atomic E-state index is 14.8. The molecule has 3 aromatic rings. The molecule has 4 rings (SSSR count). The minimum Gasteiger partial charge on any atom is -0.495 e. The van der Waals surface area contributed by atoms with Crippen molar-refractivity contribution < 1.29 is 35.5 Å². The van der Waals surface area contributed by atoms with Crippen LogP contribution in [0.2, 0.25) is 5.02 Å². The number of aromatic nitrogens is 2. The van der Waals surface area contributed by atoms with Crippen molar-refractivity contribution in [1.82, 2.24) is 19.0 Å². The number of rotatable bonds is 7. The average Bonchev–Trinajstić information content (AvgIpc) is 3.23. The number of fused-ring (bicyclic) bond motifs is 1. The zero-order valence-corrected chi connectivity index (χ0v) is 21.5. The number of aryl methyl sites for hydroxylation is 1. The lowest BCUT2D eigenvalue weighted by Gasteiger charge is -2.29. The Kier molecular flexibility index (Phi) is 7.43. The van der Waals surface area contributed by atoms with Crippen molar-refractivity contribution in [3.63, 3.8) is 0 Å². The smallest absolute Gasteiger partial charge is 0.495 e. The fourth-order valence-corrected chi connectivity index (χ4v) is 4.78. The number of imidazole rings is 1. The molecule has 0 unspecified atom stereocenters. The van der Waals surface area contributed by atoms with E-state index in [-0.39, 0.29) is 33.8 Å². The van der Waals surface area contributed by atoms with Crippen molar-refractivity contribution in [2.75, 3.05) is 25.2 Å². The first-order valence-corrected chi connectivity index (χ1v) is 12.9. The van der Waals surface area contributed by atoms with Gasteiger partial charge in [-0.15, -0.1) is 0 Å². The molecule has 0 bridgehead atoms. The normalized spacial score (nSPS) is 14.3. The molecular formula is C22H21ClF4N6O4S. The fraction of sp³-hybridized carbons (Fsp3) is 0.318. The Morgan fingerprint density at radius 3 is 2.55 bits per heavy atom. The topological polar surface area (TPSA) is 109 Å². The summed E-state index contributed by atoms with van der Waals surface area (Å²) in [5, 5.41) is 7.69. The van der Waals surface area contributed by atoms with E-state index >= 15 is 0 Å². The SMILES string of the molecule is CCc1nc2cc(OC)c(Cl)cn2c1C(=O)NCc1ccc(N2CCN(S(=O)(=O)C(F)(F)F)C=N2)c(F)c1. The molecule has 10 nitrogen and oxygen atoms in total. The van der Waals surface area contributed by atoms with Crippen LogP contribution in [0.5, 0.6) is 5.75 Å². The van der Waals surface area contributed by atoms with Crippen LogP contribution in [0.4, 0.5) is 23.2 Å². The van der Waals surface area contributed by atoms with E-state index in [0.29, 0.717) is 35.4 Å². The number of ether oxygens (including phenoxy) is 1. The van der Waals surface area contributed by atoms with Gasteiger partial charge in [0.25, 0.3) is 5.91 Å². The van der Waals surface area contributed by atoms with Gasteiger partial charge in [-0.2, -0.15) is 26.7 Å². The molecule has 0 radical (unpaired) electrons. The van der Waals surface area contributed by atoms with Gasteiger partial charge in [-0.3, -0.25) is 14.2 Å². The van der Waals surface area contributed by atoms with Gasteiger partial charge in [-0.1, -0.05) is 24.6 Å². The summed E-state index contributed by atoms with van der Waals surface area (Å²) in [6, 6.07) is 5.58. The molecule has 1 aromatic carbocycles. The molecule has 16 heteroatoms. The van der Waals surface area contributed by atoms with Crippen LogP contribution in [-0.4, -0.2) is 60.1 Å². The number of carbonyl (C=O) groups is 1. The zero-order chi connectivity index (χ0) is 27.8. The summed E-state index contributed by atoms with van der Waals surface area (Å²) in [7, 11) is -4.12. The van der Waals surface area contributed by atoms with Crippen LogP contribution >= 0.6 is 11.6 Å². The highest BCUT2D eigenvalue weighted by Gasteiger charge is 2.50. The van der Waals surface area contributed by atoms with Crippen LogP contribution < -0.4 is 15.1 Å². The molecule has 204 valence electrons. The van der Waals surface area contributed by atoms with Gasteiger partial charge < -0.3 is 10.1 Å². The number of hydrogen-bond donors (Lipinski definition) is 1. The number of pyridine rings is 1. The van der Waals surface area contributed by atoms with E-state index in [2.05, 4.69) is 15.4 Å². The number of nitrogens with zero attached hydrogens (tertiary/aromatic N) is 5. The summed E-state index contributed by atoms with van der Waals surface area (Å²) >= 11 is 6.21. The van der Waals surface area contributed by atoms with E-state index in [0.717, 1.165) is 11.1 Å². The highest BCUT2D eigenvalue weighted by Crippen LogP contribution is 2.29. The Bertz CT molecular complexity index is 1530. The van der Waals surface area contributed by atoms with Gasteiger partial charge in [-0.25, -0.2) is 13.7 Å². The maximum Gasteiger partial charge on any atom is 0.516 e. The first kappa shape index (κ1) is 27.4. The number of halogens is 5. The summed E-state index contributed by atoms with van der Waals surface area (Å²) < 4.78 is 82.8. The first-order valence-electron chi connectivity index (χ1n) is 11.1. The molecule has 1 aliphatic heterocycles. The first-order chi connectivity index (χ1) is 17.9. The number of anilines is 1. The highest BCUT2D eigenvalue weighted by molar-refractivity contribution is 7.90. The van der Waals surface area contributed by atoms with Crippen molar-refractivity contribution in [3.8, 4) is 5.75 Å². The van der Waals surface area contributed by atoms with Gasteiger partial charge in [0.2, 0.25) is 0 Å². The second-order valence-corrected chi connectivity index (χ2v) is 10.4. The quantitative estimate of drug-likeness (QED) is 0.431. The lowest BCUT2D eigenvalue weighted by Crippen LogP contribution is -2.46. The largest absolute Gasteiger partial charge is 0.516 e. The molecule has 2 aromatic heterocycles. The predicted octanol–water partition coefficient (Wildman–Crippen LogP) is 3.54. The van der Waals surface area contributed by atoms with E-state index in [4.69, 9.17) is 16.3 Å². The van der Waals surface area contributed by atoms with Gasteiger partial charge in [0.05, 0.1) is 36.6 Å². The van der Waals surface area contributed by atoms with Gasteiger partial charge >= 0.3 is 15.5 Å². The van der Waals surface area contributed by atoms with Gasteiger partial charge in [-0.05, 0) is 24.1 Å². The molecule has 0 atom stereocenters. The lowest BCUT2D eigenvalue weighted by molar-refractivity contribution is -0.0471. The van der Waals surface area contributed by atoms with E-state index < -0.39 is 33.8 Å². The third kappa shape index (κ3) is 5.07. The summed E-state index contributed by atoms with van der Waals surface area (Å²) in [5.74, 6) is -0.822. The fourth-order valence-electron chi connectivity index (χ4n) is 3.80. The van der Waals surface area contributed by atoms with Crippen LogP contribution in [0.3, 0.4) is 0 Å². The van der Waals surface area contributed by atoms with Gasteiger partial charge in [0.1, 0.15) is 29.2 Å². The number of hydrogen-bond acceptors (Lipinski definition) is 7. The Labute approximate surface area is 219 Å². The summed E-state index contributed by atoms with van der Waals surface area (Å²) in [5.41, 5.74) is -3.89. The molecule has 0 fully saturated rings. The Morgan fingerprint density at radius 2 is 1.97 bits per heavy atom. The van der Waals surface area contributed by atoms with E-state index in [9.17, 15) is 30.8 Å². The van der Waals surface area contributed by atoms with Gasteiger partial charge in [0, 0.05) is 18.8 Å². The number of hydrazone groups is 1. The molecule has 1 amide bonds. The number of carbonyl (C=O) groups excluding carboxylic acids is 1. The highest BCUT2D eigenvalue weighted by atomic mass is 35.5. The maximum absolute atomic E-state index is 14.8.